The molecular formula is C16H27N5O6S. The Labute approximate surface area is 167 Å². The molecule has 2 saturated heterocycles. The molecule has 5 atom stereocenters. The summed E-state index contributed by atoms with van der Waals surface area (Å²) >= 11 is 1.26. The normalized spacial score (nSPS) is 31.6. The van der Waals surface area contributed by atoms with Crippen molar-refractivity contribution in [1.82, 2.24) is 25.2 Å². The highest BCUT2D eigenvalue weighted by Gasteiger charge is 2.45. The first-order chi connectivity index (χ1) is 13.5. The summed E-state index contributed by atoms with van der Waals surface area (Å²) in [6.45, 7) is 3.87. The number of nitrogens with one attached hydrogen (secondary N) is 1. The fourth-order valence-electron chi connectivity index (χ4n) is 3.34. The van der Waals surface area contributed by atoms with Gasteiger partial charge in [-0.1, -0.05) is 5.21 Å². The molecule has 0 bridgehead atoms. The molecule has 158 valence electrons. The second-order valence-corrected chi connectivity index (χ2v) is 7.66. The van der Waals surface area contributed by atoms with Crippen LogP contribution in [0.3, 0.4) is 0 Å². The largest absolute Gasteiger partial charge is 0.394 e. The Hall–Kier alpha value is -1.28. The van der Waals surface area contributed by atoms with Crippen LogP contribution in [0.1, 0.15) is 16.5 Å². The molecule has 0 spiro atoms. The molecule has 2 aliphatic heterocycles. The highest BCUT2D eigenvalue weighted by Crippen LogP contribution is 2.33. The molecule has 1 aromatic rings. The number of aromatic nitrogens is 3. The Bertz CT molecular complexity index is 627. The van der Waals surface area contributed by atoms with Gasteiger partial charge in [0.2, 0.25) is 0 Å². The molecule has 11 nitrogen and oxygen atoms in total. The van der Waals surface area contributed by atoms with Gasteiger partial charge in [-0.2, -0.15) is 0 Å². The predicted octanol–water partition coefficient (Wildman–Crippen LogP) is -2.32. The van der Waals surface area contributed by atoms with E-state index in [1.165, 1.54) is 22.6 Å². The number of hydrogen-bond acceptors (Lipinski definition) is 10. The Kier molecular flexibility index (Phi) is 7.62. The number of carbonyl (C=O) groups is 1. The molecule has 0 saturated carbocycles. The Morgan fingerprint density at radius 2 is 2.11 bits per heavy atom. The van der Waals surface area contributed by atoms with Gasteiger partial charge in [0, 0.05) is 26.2 Å². The molecule has 1 unspecified atom stereocenters. The van der Waals surface area contributed by atoms with Crippen molar-refractivity contribution in [2.45, 2.75) is 29.8 Å². The van der Waals surface area contributed by atoms with Crippen LogP contribution in [0.5, 0.6) is 0 Å². The van der Waals surface area contributed by atoms with Crippen molar-refractivity contribution in [3.05, 3.63) is 11.9 Å². The number of amides is 1. The maximum atomic E-state index is 12.3. The van der Waals surface area contributed by atoms with Gasteiger partial charge in [-0.3, -0.25) is 9.69 Å². The van der Waals surface area contributed by atoms with Crippen molar-refractivity contribution in [2.75, 3.05) is 52.3 Å². The third-order valence-electron chi connectivity index (χ3n) is 4.95. The smallest absolute Gasteiger partial charge is 0.273 e. The number of hydrogen-bond donors (Lipinski definition) is 4. The van der Waals surface area contributed by atoms with Crippen molar-refractivity contribution in [2.24, 2.45) is 0 Å². The quantitative estimate of drug-likeness (QED) is 0.382. The van der Waals surface area contributed by atoms with E-state index in [-0.39, 0.29) is 11.6 Å². The summed E-state index contributed by atoms with van der Waals surface area (Å²) in [7, 11) is 0. The van der Waals surface area contributed by atoms with Gasteiger partial charge in [-0.15, -0.1) is 16.9 Å². The number of thioether (sulfide) groups is 1. The topological polar surface area (TPSA) is 142 Å². The molecule has 3 rings (SSSR count). The van der Waals surface area contributed by atoms with Crippen LogP contribution in [-0.2, 0) is 9.47 Å². The zero-order valence-corrected chi connectivity index (χ0v) is 16.5. The second kappa shape index (κ2) is 9.96. The summed E-state index contributed by atoms with van der Waals surface area (Å²) in [5.41, 5.74) is -0.547. The van der Waals surface area contributed by atoms with Crippen LogP contribution in [-0.4, -0.2) is 117 Å². The summed E-state index contributed by atoms with van der Waals surface area (Å²) in [6.07, 6.45) is 0.0132. The van der Waals surface area contributed by atoms with E-state index in [1.807, 2.05) is 0 Å². The summed E-state index contributed by atoms with van der Waals surface area (Å²) in [6, 6.07) is -0.884. The molecule has 4 N–H and O–H groups in total. The van der Waals surface area contributed by atoms with Crippen molar-refractivity contribution < 1.29 is 29.6 Å². The van der Waals surface area contributed by atoms with E-state index >= 15 is 0 Å². The van der Waals surface area contributed by atoms with E-state index in [4.69, 9.17) is 9.47 Å². The van der Waals surface area contributed by atoms with Gasteiger partial charge in [0.15, 0.2) is 5.69 Å². The van der Waals surface area contributed by atoms with E-state index in [1.54, 1.807) is 6.26 Å². The first kappa shape index (κ1) is 21.4. The fraction of sp³-hybridized carbons (Fsp3) is 0.812. The van der Waals surface area contributed by atoms with Gasteiger partial charge in [-0.25, -0.2) is 4.68 Å². The summed E-state index contributed by atoms with van der Waals surface area (Å²) in [5, 5.41) is 40.9. The van der Waals surface area contributed by atoms with Crippen LogP contribution in [0.15, 0.2) is 6.20 Å². The van der Waals surface area contributed by atoms with Gasteiger partial charge in [0.25, 0.3) is 5.91 Å². The fourth-order valence-corrected chi connectivity index (χ4v) is 4.04. The average Bonchev–Trinajstić information content (AvgIpc) is 3.19. The van der Waals surface area contributed by atoms with Crippen LogP contribution in [0.4, 0.5) is 0 Å². The minimum absolute atomic E-state index is 0.0918. The number of carbonyl (C=O) groups excluding carboxylic acids is 1. The van der Waals surface area contributed by atoms with Gasteiger partial charge in [0.05, 0.1) is 26.0 Å². The van der Waals surface area contributed by atoms with Gasteiger partial charge >= 0.3 is 0 Å². The third-order valence-corrected chi connectivity index (χ3v) is 5.80. The molecule has 3 heterocycles. The molecule has 1 aromatic heterocycles. The van der Waals surface area contributed by atoms with E-state index in [0.29, 0.717) is 26.3 Å². The van der Waals surface area contributed by atoms with Crippen molar-refractivity contribution in [3.8, 4) is 0 Å². The predicted molar refractivity (Wildman–Crippen MR) is 99.9 cm³/mol. The lowest BCUT2D eigenvalue weighted by Gasteiger charge is -2.41. The Morgan fingerprint density at radius 1 is 1.36 bits per heavy atom. The summed E-state index contributed by atoms with van der Waals surface area (Å²) < 4.78 is 12.0. The zero-order valence-electron chi connectivity index (χ0n) is 15.7. The SMILES string of the molecule is CSC1O[C@H](CO)[C@H](O)[C@H](n2cc(C(=O)NCCN3CCOCC3)nn2)[C@H]1O. The molecule has 2 fully saturated rings. The monoisotopic (exact) mass is 417 g/mol. The van der Waals surface area contributed by atoms with Crippen LogP contribution in [0.2, 0.25) is 0 Å². The first-order valence-electron chi connectivity index (χ1n) is 9.20. The van der Waals surface area contributed by atoms with Crippen LogP contribution in [0, 0.1) is 0 Å². The minimum atomic E-state index is -1.19. The maximum absolute atomic E-state index is 12.3. The molecule has 0 radical (unpaired) electrons. The van der Waals surface area contributed by atoms with Crippen LogP contribution < -0.4 is 5.32 Å². The highest BCUT2D eigenvalue weighted by atomic mass is 32.2. The van der Waals surface area contributed by atoms with E-state index in [0.717, 1.165) is 13.1 Å². The van der Waals surface area contributed by atoms with Crippen molar-refractivity contribution >= 4 is 17.7 Å². The molecule has 12 heteroatoms. The Morgan fingerprint density at radius 3 is 2.79 bits per heavy atom. The maximum Gasteiger partial charge on any atom is 0.273 e. The molecule has 28 heavy (non-hydrogen) atoms. The van der Waals surface area contributed by atoms with Crippen molar-refractivity contribution in [1.29, 1.82) is 0 Å². The van der Waals surface area contributed by atoms with E-state index in [9.17, 15) is 20.1 Å². The van der Waals surface area contributed by atoms with Gasteiger partial charge in [0.1, 0.15) is 29.8 Å². The summed E-state index contributed by atoms with van der Waals surface area (Å²) in [4.78, 5) is 14.5. The minimum Gasteiger partial charge on any atom is -0.394 e. The van der Waals surface area contributed by atoms with Crippen LogP contribution >= 0.6 is 11.8 Å². The van der Waals surface area contributed by atoms with E-state index in [2.05, 4.69) is 20.5 Å². The number of morpholine rings is 1. The molecule has 0 aromatic carbocycles. The molecule has 0 aliphatic carbocycles. The highest BCUT2D eigenvalue weighted by molar-refractivity contribution is 7.99. The first-order valence-corrected chi connectivity index (χ1v) is 10.5. The third kappa shape index (κ3) is 4.82. The number of aliphatic hydroxyl groups excluding tert-OH is 3. The number of aliphatic hydroxyl groups is 3. The number of ether oxygens (including phenoxy) is 2. The lowest BCUT2D eigenvalue weighted by Crippen LogP contribution is -2.54. The second-order valence-electron chi connectivity index (χ2n) is 6.73. The zero-order chi connectivity index (χ0) is 20.1. The van der Waals surface area contributed by atoms with E-state index < -0.39 is 36.4 Å². The standard InChI is InChI=1S/C16H27N5O6S/c1-28-16-14(24)12(13(23)11(9-22)27-16)21-8-10(18-19-21)15(25)17-2-3-20-4-6-26-7-5-20/h8,11-14,16,22-24H,2-7,9H2,1H3,(H,17,25)/t11-,12+,13+,14-,16?/m1/s1. The number of rotatable bonds is 7. The van der Waals surface area contributed by atoms with Crippen molar-refractivity contribution in [3.63, 3.8) is 0 Å². The Balaban J connectivity index is 1.60. The molecule has 1 amide bonds. The lowest BCUT2D eigenvalue weighted by molar-refractivity contribution is -0.178. The van der Waals surface area contributed by atoms with Gasteiger partial charge < -0.3 is 30.1 Å². The lowest BCUT2D eigenvalue weighted by atomic mass is 9.97. The molecular weight excluding hydrogens is 390 g/mol. The summed E-state index contributed by atoms with van der Waals surface area (Å²) in [5.74, 6) is -0.379. The van der Waals surface area contributed by atoms with Gasteiger partial charge in [-0.05, 0) is 6.26 Å². The molecule has 2 aliphatic rings. The van der Waals surface area contributed by atoms with Crippen LogP contribution in [0.25, 0.3) is 0 Å². The average molecular weight is 417 g/mol. The number of nitrogens with zero attached hydrogens (tertiary/aromatic N) is 4.